The van der Waals surface area contributed by atoms with Gasteiger partial charge < -0.3 is 0 Å². The first-order chi connectivity index (χ1) is 9.18. The minimum absolute atomic E-state index is 0.0248. The predicted octanol–water partition coefficient (Wildman–Crippen LogP) is 1.24. The summed E-state index contributed by atoms with van der Waals surface area (Å²) in [6.45, 7) is 1.51. The number of rotatable bonds is 7. The Morgan fingerprint density at radius 3 is 2.15 bits per heavy atom. The summed E-state index contributed by atoms with van der Waals surface area (Å²) in [5.74, 6) is -0.899. The lowest BCUT2D eigenvalue weighted by Gasteiger charge is -2.13. The van der Waals surface area contributed by atoms with Gasteiger partial charge in [0.2, 0.25) is 10.0 Å². The Bertz CT molecular complexity index is 639. The van der Waals surface area contributed by atoms with E-state index in [0.29, 0.717) is 5.56 Å². The molecule has 1 rings (SSSR count). The summed E-state index contributed by atoms with van der Waals surface area (Å²) in [4.78, 5) is 0. The van der Waals surface area contributed by atoms with E-state index in [0.717, 1.165) is 0 Å². The molecule has 0 saturated heterocycles. The third kappa shape index (κ3) is 4.84. The molecule has 0 aliphatic heterocycles. The van der Waals surface area contributed by atoms with Gasteiger partial charge in [0, 0.05) is 0 Å². The summed E-state index contributed by atoms with van der Waals surface area (Å²) in [5, 5.41) is -0.791. The van der Waals surface area contributed by atoms with Crippen molar-refractivity contribution in [3.63, 3.8) is 0 Å². The maximum atomic E-state index is 12.8. The number of hydrogen-bond acceptors (Lipinski definition) is 4. The highest BCUT2D eigenvalue weighted by Gasteiger charge is 2.23. The Kier molecular flexibility index (Phi) is 5.67. The molecule has 0 aliphatic rings. The van der Waals surface area contributed by atoms with Gasteiger partial charge in [-0.15, -0.1) is 0 Å². The van der Waals surface area contributed by atoms with Crippen LogP contribution >= 0.6 is 0 Å². The molecule has 0 radical (unpaired) electrons. The van der Waals surface area contributed by atoms with Crippen molar-refractivity contribution in [2.45, 2.75) is 18.6 Å². The zero-order chi connectivity index (χ0) is 15.4. The SMILES string of the molecule is CNS(=O)(=O)CCCS(=O)(=O)[C@H](C)c1ccc(F)cc1. The summed E-state index contributed by atoms with van der Waals surface area (Å²) in [7, 11) is -5.59. The highest BCUT2D eigenvalue weighted by atomic mass is 32.2. The van der Waals surface area contributed by atoms with E-state index in [9.17, 15) is 21.2 Å². The minimum Gasteiger partial charge on any atom is -0.228 e. The van der Waals surface area contributed by atoms with Crippen molar-refractivity contribution in [3.8, 4) is 0 Å². The Hall–Kier alpha value is -0.990. The van der Waals surface area contributed by atoms with Gasteiger partial charge in [0.15, 0.2) is 9.84 Å². The molecule has 5 nitrogen and oxygen atoms in total. The molecule has 0 amide bonds. The van der Waals surface area contributed by atoms with Crippen LogP contribution in [0.2, 0.25) is 0 Å². The van der Waals surface area contributed by atoms with Crippen molar-refractivity contribution >= 4 is 19.9 Å². The van der Waals surface area contributed by atoms with Crippen molar-refractivity contribution in [1.82, 2.24) is 4.72 Å². The molecule has 1 aromatic rings. The Morgan fingerprint density at radius 2 is 1.65 bits per heavy atom. The summed E-state index contributed by atoms with van der Waals surface area (Å²) >= 11 is 0. The molecule has 0 bridgehead atoms. The van der Waals surface area contributed by atoms with Crippen LogP contribution in [0.15, 0.2) is 24.3 Å². The number of nitrogens with one attached hydrogen (secondary N) is 1. The average molecular weight is 323 g/mol. The first-order valence-electron chi connectivity index (χ1n) is 6.06. The fourth-order valence-electron chi connectivity index (χ4n) is 1.67. The summed E-state index contributed by atoms with van der Waals surface area (Å²) in [5.41, 5.74) is 0.489. The van der Waals surface area contributed by atoms with Gasteiger partial charge in [-0.2, -0.15) is 0 Å². The molecule has 114 valence electrons. The van der Waals surface area contributed by atoms with Crippen LogP contribution in [0.5, 0.6) is 0 Å². The van der Waals surface area contributed by atoms with Crippen molar-refractivity contribution < 1.29 is 21.2 Å². The quantitative estimate of drug-likeness (QED) is 0.819. The van der Waals surface area contributed by atoms with Crippen LogP contribution in [-0.4, -0.2) is 35.4 Å². The van der Waals surface area contributed by atoms with E-state index >= 15 is 0 Å². The van der Waals surface area contributed by atoms with Crippen molar-refractivity contribution in [3.05, 3.63) is 35.6 Å². The molecule has 0 aliphatic carbocycles. The van der Waals surface area contributed by atoms with Crippen LogP contribution in [0.3, 0.4) is 0 Å². The molecule has 1 aromatic carbocycles. The van der Waals surface area contributed by atoms with Gasteiger partial charge in [0.1, 0.15) is 5.82 Å². The zero-order valence-electron chi connectivity index (χ0n) is 11.3. The monoisotopic (exact) mass is 323 g/mol. The van der Waals surface area contributed by atoms with Crippen molar-refractivity contribution in [1.29, 1.82) is 0 Å². The van der Waals surface area contributed by atoms with E-state index in [1.54, 1.807) is 0 Å². The first kappa shape index (κ1) is 17.1. The summed E-state index contributed by atoms with van der Waals surface area (Å²) in [6, 6.07) is 5.24. The normalized spacial score (nSPS) is 14.2. The second-order valence-corrected chi connectivity index (χ2v) is 8.92. The molecule has 0 unspecified atom stereocenters. The van der Waals surface area contributed by atoms with E-state index in [2.05, 4.69) is 4.72 Å². The fraction of sp³-hybridized carbons (Fsp3) is 0.500. The third-order valence-electron chi connectivity index (χ3n) is 3.03. The molecule has 20 heavy (non-hydrogen) atoms. The van der Waals surface area contributed by atoms with E-state index < -0.39 is 30.9 Å². The van der Waals surface area contributed by atoms with Crippen LogP contribution in [0.25, 0.3) is 0 Å². The molecule has 0 heterocycles. The average Bonchev–Trinajstić information content (AvgIpc) is 2.38. The molecule has 0 fully saturated rings. The molecule has 8 heteroatoms. The number of halogens is 1. The van der Waals surface area contributed by atoms with Crippen LogP contribution < -0.4 is 4.72 Å². The van der Waals surface area contributed by atoms with E-state index in [1.807, 2.05) is 0 Å². The van der Waals surface area contributed by atoms with Gasteiger partial charge in [0.25, 0.3) is 0 Å². The Balaban J connectivity index is 2.71. The van der Waals surface area contributed by atoms with Crippen molar-refractivity contribution in [2.24, 2.45) is 0 Å². The highest BCUT2D eigenvalue weighted by Crippen LogP contribution is 2.23. The third-order valence-corrected chi connectivity index (χ3v) is 6.69. The topological polar surface area (TPSA) is 80.3 Å². The lowest BCUT2D eigenvalue weighted by molar-refractivity contribution is 0.580. The Morgan fingerprint density at radius 1 is 1.10 bits per heavy atom. The van der Waals surface area contributed by atoms with Crippen LogP contribution in [0.4, 0.5) is 4.39 Å². The number of benzene rings is 1. The highest BCUT2D eigenvalue weighted by molar-refractivity contribution is 7.91. The maximum Gasteiger partial charge on any atom is 0.211 e. The number of hydrogen-bond donors (Lipinski definition) is 1. The van der Waals surface area contributed by atoms with Gasteiger partial charge in [-0.3, -0.25) is 0 Å². The molecule has 1 N–H and O–H groups in total. The largest absolute Gasteiger partial charge is 0.228 e. The van der Waals surface area contributed by atoms with Crippen LogP contribution in [0.1, 0.15) is 24.2 Å². The van der Waals surface area contributed by atoms with Gasteiger partial charge in [0.05, 0.1) is 16.8 Å². The number of sulfone groups is 1. The summed E-state index contributed by atoms with van der Waals surface area (Å²) in [6.07, 6.45) is 0.0248. The second-order valence-electron chi connectivity index (χ2n) is 4.44. The van der Waals surface area contributed by atoms with Crippen molar-refractivity contribution in [2.75, 3.05) is 18.6 Å². The maximum absolute atomic E-state index is 12.8. The smallest absolute Gasteiger partial charge is 0.211 e. The van der Waals surface area contributed by atoms with Gasteiger partial charge in [-0.1, -0.05) is 12.1 Å². The zero-order valence-corrected chi connectivity index (χ0v) is 13.0. The second kappa shape index (κ2) is 6.64. The summed E-state index contributed by atoms with van der Waals surface area (Å²) < 4.78 is 61.5. The van der Waals surface area contributed by atoms with Gasteiger partial charge in [-0.05, 0) is 38.1 Å². The standard InChI is InChI=1S/C12H18FNO4S2/c1-10(11-4-6-12(13)7-5-11)19(15,16)8-3-9-20(17,18)14-2/h4-7,10,14H,3,8-9H2,1-2H3/t10-/m1/s1. The van der Waals surface area contributed by atoms with Gasteiger partial charge in [-0.25, -0.2) is 25.9 Å². The fourth-order valence-corrected chi connectivity index (χ4v) is 4.05. The van der Waals surface area contributed by atoms with E-state index in [-0.39, 0.29) is 17.9 Å². The molecule has 0 aromatic heterocycles. The Labute approximate surface area is 119 Å². The molecular weight excluding hydrogens is 305 g/mol. The first-order valence-corrected chi connectivity index (χ1v) is 9.43. The lowest BCUT2D eigenvalue weighted by atomic mass is 10.2. The molecule has 1 atom stereocenters. The van der Waals surface area contributed by atoms with Crippen LogP contribution in [0, 0.1) is 5.82 Å². The van der Waals surface area contributed by atoms with Crippen LogP contribution in [-0.2, 0) is 19.9 Å². The predicted molar refractivity (Wildman–Crippen MR) is 76.1 cm³/mol. The lowest BCUT2D eigenvalue weighted by Crippen LogP contribution is -2.24. The van der Waals surface area contributed by atoms with E-state index in [1.165, 1.54) is 38.2 Å². The molecule has 0 saturated carbocycles. The van der Waals surface area contributed by atoms with Gasteiger partial charge >= 0.3 is 0 Å². The molecular formula is C12H18FNO4S2. The number of sulfonamides is 1. The molecule has 0 spiro atoms. The van der Waals surface area contributed by atoms with E-state index in [4.69, 9.17) is 0 Å². The minimum atomic E-state index is -3.47.